The normalized spacial score (nSPS) is 13.8. The van der Waals surface area contributed by atoms with Gasteiger partial charge < -0.3 is 14.7 Å². The number of aromatic nitrogens is 1. The van der Waals surface area contributed by atoms with E-state index in [1.54, 1.807) is 6.07 Å². The van der Waals surface area contributed by atoms with Gasteiger partial charge in [-0.05, 0) is 35.7 Å². The Morgan fingerprint density at radius 2 is 1.93 bits per heavy atom. The van der Waals surface area contributed by atoms with E-state index < -0.39 is 18.8 Å². The lowest BCUT2D eigenvalue weighted by molar-refractivity contribution is -0.154. The van der Waals surface area contributed by atoms with E-state index in [2.05, 4.69) is 9.72 Å². The third-order valence-electron chi connectivity index (χ3n) is 4.12. The summed E-state index contributed by atoms with van der Waals surface area (Å²) in [6.07, 6.45) is -2.73. The number of benzene rings is 1. The molecule has 1 amide bonds. The summed E-state index contributed by atoms with van der Waals surface area (Å²) >= 11 is 0. The molecule has 0 saturated heterocycles. The molecule has 3 rings (SSSR count). The van der Waals surface area contributed by atoms with Crippen LogP contribution in [0.2, 0.25) is 0 Å². The van der Waals surface area contributed by atoms with Gasteiger partial charge in [-0.15, -0.1) is 0 Å². The molecule has 0 bridgehead atoms. The maximum atomic E-state index is 12.7. The number of carboxylic acids is 1. The third kappa shape index (κ3) is 4.55. The molecule has 27 heavy (non-hydrogen) atoms. The first-order valence-electron chi connectivity index (χ1n) is 8.03. The van der Waals surface area contributed by atoms with Crippen molar-refractivity contribution in [3.63, 3.8) is 0 Å². The first kappa shape index (κ1) is 18.7. The van der Waals surface area contributed by atoms with Gasteiger partial charge in [0, 0.05) is 30.9 Å². The number of aromatic carboxylic acids is 1. The predicted molar refractivity (Wildman–Crippen MR) is 87.6 cm³/mol. The number of alkyl halides is 3. The summed E-state index contributed by atoms with van der Waals surface area (Å²) in [5.41, 5.74) is 1.99. The van der Waals surface area contributed by atoms with E-state index in [1.807, 2.05) is 0 Å². The average molecular weight is 380 g/mol. The quantitative estimate of drug-likeness (QED) is 0.882. The molecule has 9 heteroatoms. The zero-order chi connectivity index (χ0) is 19.6. The fourth-order valence-corrected chi connectivity index (χ4v) is 2.82. The van der Waals surface area contributed by atoms with Crippen LogP contribution in [0.3, 0.4) is 0 Å². The molecule has 1 N–H and O–H groups in total. The van der Waals surface area contributed by atoms with Crippen molar-refractivity contribution < 1.29 is 32.6 Å². The molecule has 0 fully saturated rings. The van der Waals surface area contributed by atoms with Gasteiger partial charge in [0.15, 0.2) is 6.61 Å². The van der Waals surface area contributed by atoms with Crippen LogP contribution in [0.1, 0.15) is 31.8 Å². The molecular formula is C18H15F3N2O4. The van der Waals surface area contributed by atoms with E-state index in [-0.39, 0.29) is 29.5 Å². The second-order valence-electron chi connectivity index (χ2n) is 6.05. The highest BCUT2D eigenvalue weighted by Crippen LogP contribution is 2.23. The zero-order valence-corrected chi connectivity index (χ0v) is 14.0. The molecule has 0 atom stereocenters. The summed E-state index contributed by atoms with van der Waals surface area (Å²) in [6.45, 7) is -0.859. The molecule has 2 heterocycles. The van der Waals surface area contributed by atoms with Gasteiger partial charge in [0.1, 0.15) is 0 Å². The van der Waals surface area contributed by atoms with Crippen molar-refractivity contribution in [1.82, 2.24) is 9.88 Å². The Morgan fingerprint density at radius 3 is 2.63 bits per heavy atom. The third-order valence-corrected chi connectivity index (χ3v) is 4.12. The number of nitrogens with zero attached hydrogens (tertiary/aromatic N) is 2. The zero-order valence-electron chi connectivity index (χ0n) is 14.0. The highest BCUT2D eigenvalue weighted by molar-refractivity contribution is 5.94. The maximum Gasteiger partial charge on any atom is 0.422 e. The van der Waals surface area contributed by atoms with Crippen LogP contribution in [0.25, 0.3) is 0 Å². The van der Waals surface area contributed by atoms with E-state index in [9.17, 15) is 22.8 Å². The lowest BCUT2D eigenvalue weighted by Crippen LogP contribution is -2.36. The number of carbonyl (C=O) groups is 2. The molecule has 0 unspecified atom stereocenters. The molecule has 0 saturated carbocycles. The molecule has 0 radical (unpaired) electrons. The number of rotatable bonds is 4. The van der Waals surface area contributed by atoms with Crippen LogP contribution in [0.5, 0.6) is 5.88 Å². The Kier molecular flexibility index (Phi) is 5.02. The van der Waals surface area contributed by atoms with Crippen LogP contribution in [-0.4, -0.2) is 46.2 Å². The smallest absolute Gasteiger partial charge is 0.422 e. The highest BCUT2D eigenvalue weighted by atomic mass is 19.4. The second-order valence-corrected chi connectivity index (χ2v) is 6.05. The Bertz CT molecular complexity index is 883. The number of carboxylic acid groups (broad SMARTS) is 1. The van der Waals surface area contributed by atoms with Crippen LogP contribution >= 0.6 is 0 Å². The Hall–Kier alpha value is -3.10. The number of halogens is 3. The van der Waals surface area contributed by atoms with Crippen molar-refractivity contribution in [3.05, 3.63) is 58.8 Å². The summed E-state index contributed by atoms with van der Waals surface area (Å²) < 4.78 is 41.3. The van der Waals surface area contributed by atoms with Crippen molar-refractivity contribution in [3.8, 4) is 5.88 Å². The number of carbonyl (C=O) groups excluding carboxylic acids is 1. The van der Waals surface area contributed by atoms with Gasteiger partial charge in [-0.3, -0.25) is 4.79 Å². The standard InChI is InChI=1S/C18H15F3N2O4/c19-18(20,21)10-27-15-8-12(3-5-22-15)16(24)23-6-4-11-1-2-13(17(25)26)7-14(11)9-23/h1-3,5,7-8H,4,6,9-10H2,(H,25,26). The molecular weight excluding hydrogens is 365 g/mol. The van der Waals surface area contributed by atoms with E-state index in [1.165, 1.54) is 29.3 Å². The number of amides is 1. The van der Waals surface area contributed by atoms with E-state index in [0.29, 0.717) is 13.0 Å². The van der Waals surface area contributed by atoms with E-state index in [0.717, 1.165) is 17.2 Å². The molecule has 1 aromatic heterocycles. The molecule has 0 aliphatic carbocycles. The van der Waals surface area contributed by atoms with Crippen molar-refractivity contribution >= 4 is 11.9 Å². The number of pyridine rings is 1. The van der Waals surface area contributed by atoms with Gasteiger partial charge in [0.2, 0.25) is 5.88 Å². The Labute approximate surface area is 152 Å². The van der Waals surface area contributed by atoms with Crippen molar-refractivity contribution in [2.45, 2.75) is 19.1 Å². The number of hydrogen-bond acceptors (Lipinski definition) is 4. The maximum absolute atomic E-state index is 12.7. The molecule has 142 valence electrons. The van der Waals surface area contributed by atoms with E-state index in [4.69, 9.17) is 5.11 Å². The lowest BCUT2D eigenvalue weighted by Gasteiger charge is -2.29. The fraction of sp³-hybridized carbons (Fsp3) is 0.278. The summed E-state index contributed by atoms with van der Waals surface area (Å²) in [6, 6.07) is 7.34. The largest absolute Gasteiger partial charge is 0.478 e. The van der Waals surface area contributed by atoms with Crippen molar-refractivity contribution in [2.24, 2.45) is 0 Å². The summed E-state index contributed by atoms with van der Waals surface area (Å²) in [5.74, 6) is -1.73. The van der Waals surface area contributed by atoms with Crippen molar-refractivity contribution in [2.75, 3.05) is 13.2 Å². The topological polar surface area (TPSA) is 79.7 Å². The minimum Gasteiger partial charge on any atom is -0.478 e. The summed E-state index contributed by atoms with van der Waals surface area (Å²) in [4.78, 5) is 29.0. The van der Waals surface area contributed by atoms with Gasteiger partial charge in [0.05, 0.1) is 5.56 Å². The van der Waals surface area contributed by atoms with Gasteiger partial charge in [-0.2, -0.15) is 13.2 Å². The lowest BCUT2D eigenvalue weighted by atomic mass is 9.97. The molecule has 1 aromatic carbocycles. The van der Waals surface area contributed by atoms with Crippen LogP contribution in [0, 0.1) is 0 Å². The second kappa shape index (κ2) is 7.26. The molecule has 1 aliphatic heterocycles. The Morgan fingerprint density at radius 1 is 1.15 bits per heavy atom. The predicted octanol–water partition coefficient (Wildman–Crippen LogP) is 2.92. The van der Waals surface area contributed by atoms with Crippen LogP contribution in [0.15, 0.2) is 36.5 Å². The monoisotopic (exact) mass is 380 g/mol. The van der Waals surface area contributed by atoms with Crippen molar-refractivity contribution in [1.29, 1.82) is 0 Å². The molecule has 2 aromatic rings. The number of ether oxygens (including phenoxy) is 1. The fourth-order valence-electron chi connectivity index (χ4n) is 2.82. The Balaban J connectivity index is 1.75. The van der Waals surface area contributed by atoms with Gasteiger partial charge >= 0.3 is 12.1 Å². The van der Waals surface area contributed by atoms with E-state index >= 15 is 0 Å². The first-order valence-corrected chi connectivity index (χ1v) is 8.03. The van der Waals surface area contributed by atoms with Gasteiger partial charge in [-0.25, -0.2) is 9.78 Å². The minimum absolute atomic E-state index is 0.134. The van der Waals surface area contributed by atoms with Crippen LogP contribution in [-0.2, 0) is 13.0 Å². The summed E-state index contributed by atoms with van der Waals surface area (Å²) in [5, 5.41) is 9.10. The SMILES string of the molecule is O=C(O)c1ccc2c(c1)CN(C(=O)c1ccnc(OCC(F)(F)F)c1)CC2. The first-order chi connectivity index (χ1) is 12.7. The number of hydrogen-bond donors (Lipinski definition) is 1. The highest BCUT2D eigenvalue weighted by Gasteiger charge is 2.29. The summed E-state index contributed by atoms with van der Waals surface area (Å²) in [7, 11) is 0. The van der Waals surface area contributed by atoms with Gasteiger partial charge in [-0.1, -0.05) is 6.07 Å². The number of fused-ring (bicyclic) bond motifs is 1. The molecule has 0 spiro atoms. The van der Waals surface area contributed by atoms with Crippen LogP contribution < -0.4 is 4.74 Å². The van der Waals surface area contributed by atoms with Crippen LogP contribution in [0.4, 0.5) is 13.2 Å². The minimum atomic E-state index is -4.50. The van der Waals surface area contributed by atoms with Gasteiger partial charge in [0.25, 0.3) is 5.91 Å². The molecule has 6 nitrogen and oxygen atoms in total. The average Bonchev–Trinajstić information content (AvgIpc) is 2.64. The molecule has 1 aliphatic rings.